The van der Waals surface area contributed by atoms with E-state index in [4.69, 9.17) is 5.26 Å². The van der Waals surface area contributed by atoms with E-state index in [0.717, 1.165) is 24.2 Å². The van der Waals surface area contributed by atoms with E-state index in [1.54, 1.807) is 6.07 Å². The fraction of sp³-hybridized carbons (Fsp3) is 0.615. The van der Waals surface area contributed by atoms with Gasteiger partial charge in [-0.2, -0.15) is 9.57 Å². The van der Waals surface area contributed by atoms with Crippen LogP contribution < -0.4 is 0 Å². The molecule has 0 aliphatic rings. The number of rotatable bonds is 7. The van der Waals surface area contributed by atoms with Crippen molar-refractivity contribution in [2.75, 3.05) is 13.1 Å². The molecule has 0 aromatic carbocycles. The van der Waals surface area contributed by atoms with E-state index in [0.29, 0.717) is 23.9 Å². The Hall–Kier alpha value is -0.900. The summed E-state index contributed by atoms with van der Waals surface area (Å²) in [6.07, 6.45) is 1.94. The second-order valence-electron chi connectivity index (χ2n) is 4.37. The summed E-state index contributed by atoms with van der Waals surface area (Å²) in [6, 6.07) is 5.06. The summed E-state index contributed by atoms with van der Waals surface area (Å²) in [4.78, 5) is 0.428. The topological polar surface area (TPSA) is 61.2 Å². The van der Waals surface area contributed by atoms with E-state index in [-0.39, 0.29) is 4.21 Å². The molecule has 6 heteroatoms. The van der Waals surface area contributed by atoms with Crippen molar-refractivity contribution in [3.05, 3.63) is 17.0 Å². The molecule has 0 saturated heterocycles. The molecule has 0 bridgehead atoms. The van der Waals surface area contributed by atoms with Crippen molar-refractivity contribution >= 4 is 21.4 Å². The summed E-state index contributed by atoms with van der Waals surface area (Å²) >= 11 is 1.04. The van der Waals surface area contributed by atoms with Crippen LogP contribution in [0.25, 0.3) is 0 Å². The third kappa shape index (κ3) is 3.78. The maximum absolute atomic E-state index is 12.5. The SMILES string of the molecule is CCC(CC)CN(CC)S(=O)(=O)c1ccc(C#N)s1. The third-order valence-electron chi connectivity index (χ3n) is 3.25. The predicted octanol–water partition coefficient (Wildman–Crippen LogP) is 3.07. The number of hydrogen-bond acceptors (Lipinski definition) is 4. The smallest absolute Gasteiger partial charge is 0.206 e. The van der Waals surface area contributed by atoms with Gasteiger partial charge < -0.3 is 0 Å². The van der Waals surface area contributed by atoms with Gasteiger partial charge in [-0.15, -0.1) is 11.3 Å². The monoisotopic (exact) mass is 300 g/mol. The van der Waals surface area contributed by atoms with Gasteiger partial charge in [0.1, 0.15) is 15.2 Å². The lowest BCUT2D eigenvalue weighted by Crippen LogP contribution is -2.34. The first kappa shape index (κ1) is 16.2. The molecule has 19 heavy (non-hydrogen) atoms. The van der Waals surface area contributed by atoms with Crippen molar-refractivity contribution in [1.29, 1.82) is 5.26 Å². The van der Waals surface area contributed by atoms with Crippen LogP contribution in [-0.4, -0.2) is 25.8 Å². The molecule has 1 aromatic rings. The average Bonchev–Trinajstić information content (AvgIpc) is 2.89. The van der Waals surface area contributed by atoms with Crippen molar-refractivity contribution in [2.45, 2.75) is 37.8 Å². The molecule has 0 saturated carbocycles. The molecular formula is C13H20N2O2S2. The van der Waals surface area contributed by atoms with Gasteiger partial charge >= 0.3 is 0 Å². The Labute approximate surface area is 119 Å². The zero-order valence-electron chi connectivity index (χ0n) is 11.6. The largest absolute Gasteiger partial charge is 0.252 e. The van der Waals surface area contributed by atoms with Gasteiger partial charge in [-0.1, -0.05) is 33.6 Å². The van der Waals surface area contributed by atoms with Crippen LogP contribution >= 0.6 is 11.3 Å². The van der Waals surface area contributed by atoms with Gasteiger partial charge in [0.15, 0.2) is 0 Å². The van der Waals surface area contributed by atoms with Crippen LogP contribution in [0.1, 0.15) is 38.5 Å². The highest BCUT2D eigenvalue weighted by Crippen LogP contribution is 2.25. The Morgan fingerprint density at radius 1 is 1.32 bits per heavy atom. The van der Waals surface area contributed by atoms with Gasteiger partial charge in [0, 0.05) is 13.1 Å². The molecule has 0 unspecified atom stereocenters. The summed E-state index contributed by atoms with van der Waals surface area (Å²) in [5.41, 5.74) is 0. The molecule has 4 nitrogen and oxygen atoms in total. The van der Waals surface area contributed by atoms with E-state index in [1.807, 2.05) is 13.0 Å². The Bertz CT molecular complexity index is 539. The van der Waals surface area contributed by atoms with E-state index in [1.165, 1.54) is 10.4 Å². The molecule has 0 fully saturated rings. The lowest BCUT2D eigenvalue weighted by Gasteiger charge is -2.24. The molecule has 106 valence electrons. The average molecular weight is 300 g/mol. The lowest BCUT2D eigenvalue weighted by atomic mass is 10.0. The summed E-state index contributed by atoms with van der Waals surface area (Å²) in [7, 11) is -3.45. The summed E-state index contributed by atoms with van der Waals surface area (Å²) in [6.45, 7) is 7.00. The van der Waals surface area contributed by atoms with Gasteiger partial charge in [0.2, 0.25) is 0 Å². The lowest BCUT2D eigenvalue weighted by molar-refractivity contribution is 0.340. The molecule has 1 rings (SSSR count). The quantitative estimate of drug-likeness (QED) is 0.777. The van der Waals surface area contributed by atoms with E-state index in [2.05, 4.69) is 13.8 Å². The van der Waals surface area contributed by atoms with Gasteiger partial charge in [-0.05, 0) is 18.1 Å². The molecule has 0 aliphatic heterocycles. The third-order valence-corrected chi connectivity index (χ3v) is 6.65. The summed E-state index contributed by atoms with van der Waals surface area (Å²) in [5, 5.41) is 8.79. The summed E-state index contributed by atoms with van der Waals surface area (Å²) in [5.74, 6) is 0.380. The number of nitrogens with zero attached hydrogens (tertiary/aromatic N) is 2. The number of hydrogen-bond donors (Lipinski definition) is 0. The zero-order chi connectivity index (χ0) is 14.5. The van der Waals surface area contributed by atoms with Crippen LogP contribution in [0.3, 0.4) is 0 Å². The summed E-state index contributed by atoms with van der Waals surface area (Å²) < 4.78 is 26.7. The van der Waals surface area contributed by atoms with Crippen LogP contribution in [0.5, 0.6) is 0 Å². The normalized spacial score (nSPS) is 12.0. The molecular weight excluding hydrogens is 280 g/mol. The molecule has 0 spiro atoms. The number of nitriles is 1. The van der Waals surface area contributed by atoms with Crippen LogP contribution in [0.4, 0.5) is 0 Å². The van der Waals surface area contributed by atoms with Crippen molar-refractivity contribution in [3.63, 3.8) is 0 Å². The Kier molecular flexibility index (Phi) is 5.98. The maximum atomic E-state index is 12.5. The molecule has 0 aliphatic carbocycles. The van der Waals surface area contributed by atoms with Crippen molar-refractivity contribution in [3.8, 4) is 6.07 Å². The van der Waals surface area contributed by atoms with Crippen molar-refractivity contribution in [2.24, 2.45) is 5.92 Å². The van der Waals surface area contributed by atoms with E-state index < -0.39 is 10.0 Å². The highest BCUT2D eigenvalue weighted by atomic mass is 32.2. The minimum Gasteiger partial charge on any atom is -0.206 e. The fourth-order valence-corrected chi connectivity index (χ4v) is 4.66. The molecule has 0 radical (unpaired) electrons. The fourth-order valence-electron chi connectivity index (χ4n) is 1.88. The van der Waals surface area contributed by atoms with Gasteiger partial charge in [0.05, 0.1) is 0 Å². The molecule has 0 amide bonds. The van der Waals surface area contributed by atoms with Gasteiger partial charge in [0.25, 0.3) is 10.0 Å². The maximum Gasteiger partial charge on any atom is 0.252 e. The Morgan fingerprint density at radius 3 is 2.37 bits per heavy atom. The minimum atomic E-state index is -3.45. The van der Waals surface area contributed by atoms with Crippen molar-refractivity contribution < 1.29 is 8.42 Å². The molecule has 1 heterocycles. The van der Waals surface area contributed by atoms with E-state index in [9.17, 15) is 8.42 Å². The van der Waals surface area contributed by atoms with Crippen LogP contribution in [0.2, 0.25) is 0 Å². The first-order chi connectivity index (χ1) is 8.99. The first-order valence-electron chi connectivity index (χ1n) is 6.49. The number of thiophene rings is 1. The highest BCUT2D eigenvalue weighted by molar-refractivity contribution is 7.91. The minimum absolute atomic E-state index is 0.261. The predicted molar refractivity (Wildman–Crippen MR) is 77.5 cm³/mol. The molecule has 0 atom stereocenters. The standard InChI is InChI=1S/C13H20N2O2S2/c1-4-11(5-2)10-15(6-3)19(16,17)13-8-7-12(9-14)18-13/h7-8,11H,4-6,10H2,1-3H3. The van der Waals surface area contributed by atoms with E-state index >= 15 is 0 Å². The Morgan fingerprint density at radius 2 is 1.95 bits per heavy atom. The number of sulfonamides is 1. The molecule has 0 N–H and O–H groups in total. The Balaban J connectivity index is 2.99. The second-order valence-corrected chi connectivity index (χ2v) is 7.62. The first-order valence-corrected chi connectivity index (χ1v) is 8.75. The van der Waals surface area contributed by atoms with Gasteiger partial charge in [-0.25, -0.2) is 8.42 Å². The van der Waals surface area contributed by atoms with Gasteiger partial charge in [-0.3, -0.25) is 0 Å². The van der Waals surface area contributed by atoms with Crippen LogP contribution in [0.15, 0.2) is 16.3 Å². The zero-order valence-corrected chi connectivity index (χ0v) is 13.2. The highest BCUT2D eigenvalue weighted by Gasteiger charge is 2.26. The second kappa shape index (κ2) is 7.04. The molecule has 1 aromatic heterocycles. The van der Waals surface area contributed by atoms with Crippen molar-refractivity contribution in [1.82, 2.24) is 4.31 Å². The van der Waals surface area contributed by atoms with Crippen LogP contribution in [0, 0.1) is 17.2 Å². The van der Waals surface area contributed by atoms with Crippen LogP contribution in [-0.2, 0) is 10.0 Å².